The zero-order valence-corrected chi connectivity index (χ0v) is 9.92. The van der Waals surface area contributed by atoms with Crippen LogP contribution in [0, 0.1) is 0 Å². The van der Waals surface area contributed by atoms with Crippen molar-refractivity contribution in [2.45, 2.75) is 38.5 Å². The predicted octanol–water partition coefficient (Wildman–Crippen LogP) is 1.84. The molecule has 4 heteroatoms. The highest BCUT2D eigenvalue weighted by Crippen LogP contribution is 2.19. The Kier molecular flexibility index (Phi) is 5.21. The zero-order valence-electron chi connectivity index (χ0n) is 9.10. The highest BCUT2D eigenvalue weighted by Gasteiger charge is 2.16. The SMILES string of the molecule is CSC(C)(C)CNC(=O)NC(C)C. The van der Waals surface area contributed by atoms with E-state index in [9.17, 15) is 4.79 Å². The van der Waals surface area contributed by atoms with Crippen LogP contribution in [0.1, 0.15) is 27.7 Å². The number of thioether (sulfide) groups is 1. The van der Waals surface area contributed by atoms with Crippen LogP contribution in [0.3, 0.4) is 0 Å². The molecule has 0 radical (unpaired) electrons. The number of hydrogen-bond donors (Lipinski definition) is 2. The first-order valence-electron chi connectivity index (χ1n) is 4.47. The molecule has 0 saturated heterocycles. The molecule has 0 aliphatic rings. The fourth-order valence-corrected chi connectivity index (χ4v) is 0.895. The van der Waals surface area contributed by atoms with Crippen LogP contribution in [0.25, 0.3) is 0 Å². The number of carbonyl (C=O) groups is 1. The van der Waals surface area contributed by atoms with Gasteiger partial charge >= 0.3 is 6.03 Å². The topological polar surface area (TPSA) is 41.1 Å². The van der Waals surface area contributed by atoms with Crippen molar-refractivity contribution in [2.24, 2.45) is 0 Å². The Hall–Kier alpha value is -0.380. The third-order valence-electron chi connectivity index (χ3n) is 1.65. The largest absolute Gasteiger partial charge is 0.337 e. The van der Waals surface area contributed by atoms with Gasteiger partial charge < -0.3 is 10.6 Å². The molecule has 78 valence electrons. The van der Waals surface area contributed by atoms with Crippen molar-refractivity contribution in [3.8, 4) is 0 Å². The Labute approximate surface area is 85.0 Å². The maximum atomic E-state index is 11.2. The van der Waals surface area contributed by atoms with Crippen LogP contribution >= 0.6 is 11.8 Å². The van der Waals surface area contributed by atoms with E-state index < -0.39 is 0 Å². The van der Waals surface area contributed by atoms with Crippen molar-refractivity contribution < 1.29 is 4.79 Å². The average Bonchev–Trinajstić information content (AvgIpc) is 2.00. The summed E-state index contributed by atoms with van der Waals surface area (Å²) in [5.41, 5.74) is 0. The molecule has 0 aliphatic heterocycles. The lowest BCUT2D eigenvalue weighted by atomic mass is 10.2. The van der Waals surface area contributed by atoms with Crippen molar-refractivity contribution in [3.05, 3.63) is 0 Å². The number of urea groups is 1. The lowest BCUT2D eigenvalue weighted by Crippen LogP contribution is -2.44. The summed E-state index contributed by atoms with van der Waals surface area (Å²) in [6.45, 7) is 8.78. The van der Waals surface area contributed by atoms with E-state index in [1.807, 2.05) is 20.1 Å². The third-order valence-corrected chi connectivity index (χ3v) is 2.90. The van der Waals surface area contributed by atoms with Gasteiger partial charge in [0, 0.05) is 17.3 Å². The van der Waals surface area contributed by atoms with Gasteiger partial charge in [-0.15, -0.1) is 0 Å². The zero-order chi connectivity index (χ0) is 10.5. The molecule has 0 atom stereocenters. The van der Waals surface area contributed by atoms with Gasteiger partial charge in [-0.25, -0.2) is 4.79 Å². The minimum absolute atomic E-state index is 0.0860. The second kappa shape index (κ2) is 5.37. The molecule has 0 aromatic rings. The van der Waals surface area contributed by atoms with Gasteiger partial charge in [0.25, 0.3) is 0 Å². The van der Waals surface area contributed by atoms with E-state index in [4.69, 9.17) is 0 Å². The van der Waals surface area contributed by atoms with E-state index >= 15 is 0 Å². The molecule has 0 aromatic carbocycles. The molecule has 0 saturated carbocycles. The average molecular weight is 204 g/mol. The summed E-state index contributed by atoms with van der Waals surface area (Å²) >= 11 is 1.75. The minimum atomic E-state index is -0.0860. The van der Waals surface area contributed by atoms with Gasteiger partial charge in [-0.2, -0.15) is 11.8 Å². The van der Waals surface area contributed by atoms with Crippen LogP contribution in [-0.4, -0.2) is 29.6 Å². The molecule has 0 bridgehead atoms. The van der Waals surface area contributed by atoms with Gasteiger partial charge in [0.15, 0.2) is 0 Å². The van der Waals surface area contributed by atoms with Gasteiger partial charge in [-0.1, -0.05) is 0 Å². The van der Waals surface area contributed by atoms with Crippen LogP contribution in [0.5, 0.6) is 0 Å². The molecule has 0 fully saturated rings. The second-order valence-electron chi connectivity index (χ2n) is 3.95. The molecule has 3 nitrogen and oxygen atoms in total. The Morgan fingerprint density at radius 1 is 1.46 bits per heavy atom. The first-order chi connectivity index (χ1) is 5.87. The van der Waals surface area contributed by atoms with E-state index in [1.165, 1.54) is 0 Å². The highest BCUT2D eigenvalue weighted by atomic mass is 32.2. The fourth-order valence-electron chi connectivity index (χ4n) is 0.679. The van der Waals surface area contributed by atoms with Crippen LogP contribution in [0.15, 0.2) is 0 Å². The van der Waals surface area contributed by atoms with Gasteiger partial charge in [0.2, 0.25) is 0 Å². The fraction of sp³-hybridized carbons (Fsp3) is 0.889. The summed E-state index contributed by atoms with van der Waals surface area (Å²) in [5.74, 6) is 0. The number of rotatable bonds is 4. The predicted molar refractivity (Wildman–Crippen MR) is 59.3 cm³/mol. The lowest BCUT2D eigenvalue weighted by molar-refractivity contribution is 0.238. The molecule has 0 heterocycles. The van der Waals surface area contributed by atoms with Crippen molar-refractivity contribution in [1.82, 2.24) is 10.6 Å². The van der Waals surface area contributed by atoms with Crippen LogP contribution in [-0.2, 0) is 0 Å². The molecule has 0 spiro atoms. The summed E-state index contributed by atoms with van der Waals surface area (Å²) in [7, 11) is 0. The van der Waals surface area contributed by atoms with Gasteiger partial charge in [0.05, 0.1) is 0 Å². The Bertz CT molecular complexity index is 169. The molecular weight excluding hydrogens is 184 g/mol. The van der Waals surface area contributed by atoms with E-state index in [2.05, 4.69) is 24.5 Å². The van der Waals surface area contributed by atoms with E-state index in [-0.39, 0.29) is 16.8 Å². The summed E-state index contributed by atoms with van der Waals surface area (Å²) in [6, 6.07) is 0.106. The summed E-state index contributed by atoms with van der Waals surface area (Å²) in [5, 5.41) is 5.61. The molecule has 0 aromatic heterocycles. The summed E-state index contributed by atoms with van der Waals surface area (Å²) in [4.78, 5) is 11.2. The maximum absolute atomic E-state index is 11.2. The van der Waals surface area contributed by atoms with E-state index in [0.29, 0.717) is 6.54 Å². The maximum Gasteiger partial charge on any atom is 0.315 e. The second-order valence-corrected chi connectivity index (χ2v) is 5.46. The number of nitrogens with one attached hydrogen (secondary N) is 2. The first kappa shape index (κ1) is 12.6. The molecular formula is C9H20N2OS. The lowest BCUT2D eigenvalue weighted by Gasteiger charge is -2.22. The minimum Gasteiger partial charge on any atom is -0.337 e. The molecule has 0 rings (SSSR count). The molecule has 2 N–H and O–H groups in total. The Balaban J connectivity index is 3.70. The molecule has 0 unspecified atom stereocenters. The number of hydrogen-bond acceptors (Lipinski definition) is 2. The Morgan fingerprint density at radius 2 is 2.00 bits per heavy atom. The number of carbonyl (C=O) groups excluding carboxylic acids is 1. The van der Waals surface area contributed by atoms with Crippen molar-refractivity contribution in [1.29, 1.82) is 0 Å². The summed E-state index contributed by atoms with van der Waals surface area (Å²) in [6.07, 6.45) is 2.04. The van der Waals surface area contributed by atoms with Crippen molar-refractivity contribution in [3.63, 3.8) is 0 Å². The van der Waals surface area contributed by atoms with E-state index in [0.717, 1.165) is 0 Å². The van der Waals surface area contributed by atoms with Gasteiger partial charge in [0.1, 0.15) is 0 Å². The monoisotopic (exact) mass is 204 g/mol. The Morgan fingerprint density at radius 3 is 2.38 bits per heavy atom. The molecule has 13 heavy (non-hydrogen) atoms. The summed E-state index contributed by atoms with van der Waals surface area (Å²) < 4.78 is 0.105. The third kappa shape index (κ3) is 6.75. The molecule has 0 aliphatic carbocycles. The number of amides is 2. The van der Waals surface area contributed by atoms with Gasteiger partial charge in [-0.05, 0) is 34.0 Å². The van der Waals surface area contributed by atoms with Crippen molar-refractivity contribution in [2.75, 3.05) is 12.8 Å². The standard InChI is InChI=1S/C9H20N2OS/c1-7(2)11-8(12)10-6-9(3,4)13-5/h7H,6H2,1-5H3,(H2,10,11,12). The van der Waals surface area contributed by atoms with Gasteiger partial charge in [-0.3, -0.25) is 0 Å². The normalized spacial score (nSPS) is 11.5. The quantitative estimate of drug-likeness (QED) is 0.733. The van der Waals surface area contributed by atoms with Crippen LogP contribution in [0.2, 0.25) is 0 Å². The van der Waals surface area contributed by atoms with Crippen LogP contribution < -0.4 is 10.6 Å². The highest BCUT2D eigenvalue weighted by molar-refractivity contribution is 7.99. The van der Waals surface area contributed by atoms with Crippen molar-refractivity contribution >= 4 is 17.8 Å². The molecule has 2 amide bonds. The van der Waals surface area contributed by atoms with E-state index in [1.54, 1.807) is 11.8 Å². The van der Waals surface area contributed by atoms with Crippen LogP contribution in [0.4, 0.5) is 4.79 Å². The smallest absolute Gasteiger partial charge is 0.315 e. The first-order valence-corrected chi connectivity index (χ1v) is 5.69.